The summed E-state index contributed by atoms with van der Waals surface area (Å²) in [4.78, 5) is 36.1. The number of nitrogens with zero attached hydrogens (tertiary/aromatic N) is 3. The van der Waals surface area contributed by atoms with E-state index in [9.17, 15) is 14.4 Å². The molecule has 0 aliphatic carbocycles. The van der Waals surface area contributed by atoms with Gasteiger partial charge in [0.15, 0.2) is 0 Å². The molecule has 0 unspecified atom stereocenters. The zero-order chi connectivity index (χ0) is 15.8. The summed E-state index contributed by atoms with van der Waals surface area (Å²) >= 11 is 0. The maximum absolute atomic E-state index is 10.7. The largest absolute Gasteiger partial charge is 0.480 e. The Morgan fingerprint density at radius 3 is 0.905 bits per heavy atom. The first-order chi connectivity index (χ1) is 9.86. The van der Waals surface area contributed by atoms with Gasteiger partial charge in [0.25, 0.3) is 0 Å². The number of aliphatic carboxylic acids is 3. The molecule has 0 spiro atoms. The van der Waals surface area contributed by atoms with Gasteiger partial charge >= 0.3 is 17.9 Å². The van der Waals surface area contributed by atoms with Crippen LogP contribution in [-0.2, 0) is 14.4 Å². The van der Waals surface area contributed by atoms with Crippen molar-refractivity contribution in [2.75, 3.05) is 19.6 Å². The van der Waals surface area contributed by atoms with Gasteiger partial charge in [-0.2, -0.15) is 0 Å². The van der Waals surface area contributed by atoms with Gasteiger partial charge in [-0.1, -0.05) is 0 Å². The topological polar surface area (TPSA) is 122 Å². The van der Waals surface area contributed by atoms with Crippen LogP contribution in [0.2, 0.25) is 0 Å². The second kappa shape index (κ2) is 7.58. The Bertz CT molecular complexity index is 410. The molecule has 0 fully saturated rings. The SMILES string of the molecule is O=C(O)CN1C=CN(CC(=O)O)C=CN(CC(=O)O)C=C1. The van der Waals surface area contributed by atoms with Gasteiger partial charge in [0.2, 0.25) is 0 Å². The number of carboxylic acids is 3. The minimum Gasteiger partial charge on any atom is -0.480 e. The summed E-state index contributed by atoms with van der Waals surface area (Å²) < 4.78 is 0. The first-order valence-corrected chi connectivity index (χ1v) is 5.84. The zero-order valence-electron chi connectivity index (χ0n) is 11.0. The molecule has 0 radical (unpaired) electrons. The van der Waals surface area contributed by atoms with Crippen molar-refractivity contribution in [1.29, 1.82) is 0 Å². The van der Waals surface area contributed by atoms with Gasteiger partial charge in [0, 0.05) is 37.2 Å². The number of hydrogen-bond acceptors (Lipinski definition) is 6. The highest BCUT2D eigenvalue weighted by molar-refractivity contribution is 5.70. The van der Waals surface area contributed by atoms with Gasteiger partial charge in [-0.15, -0.1) is 0 Å². The van der Waals surface area contributed by atoms with Crippen LogP contribution in [0.5, 0.6) is 0 Å². The molecule has 114 valence electrons. The highest BCUT2D eigenvalue weighted by Gasteiger charge is 2.09. The monoisotopic (exact) mass is 297 g/mol. The molecular formula is C12H15N3O6. The summed E-state index contributed by atoms with van der Waals surface area (Å²) in [6.07, 6.45) is 8.35. The van der Waals surface area contributed by atoms with E-state index in [2.05, 4.69) is 0 Å². The molecule has 9 nitrogen and oxygen atoms in total. The highest BCUT2D eigenvalue weighted by Crippen LogP contribution is 2.04. The van der Waals surface area contributed by atoms with Gasteiger partial charge in [0.05, 0.1) is 0 Å². The van der Waals surface area contributed by atoms with E-state index in [0.29, 0.717) is 0 Å². The maximum atomic E-state index is 10.7. The fraction of sp³-hybridized carbons (Fsp3) is 0.250. The van der Waals surface area contributed by atoms with Crippen molar-refractivity contribution in [3.63, 3.8) is 0 Å². The summed E-state index contributed by atoms with van der Waals surface area (Å²) in [5.41, 5.74) is 0. The van der Waals surface area contributed by atoms with E-state index >= 15 is 0 Å². The minimum absolute atomic E-state index is 0.338. The van der Waals surface area contributed by atoms with Crippen molar-refractivity contribution in [2.45, 2.75) is 0 Å². The minimum atomic E-state index is -1.08. The molecule has 0 aromatic rings. The van der Waals surface area contributed by atoms with Crippen LogP contribution in [0.25, 0.3) is 0 Å². The van der Waals surface area contributed by atoms with Crippen LogP contribution in [0.15, 0.2) is 37.2 Å². The third-order valence-corrected chi connectivity index (χ3v) is 2.30. The molecule has 9 heteroatoms. The molecule has 0 amide bonds. The molecule has 0 bridgehead atoms. The standard InChI is InChI=1S/C12H15N3O6/c16-10(17)7-13-1-2-14(8-11(18)19)5-6-15(4-3-13)9-12(20)21/h1-6H,7-9H2,(H,16,17)(H,18,19)(H,20,21). The van der Waals surface area contributed by atoms with E-state index in [1.54, 1.807) is 0 Å². The Kier molecular flexibility index (Phi) is 5.80. The van der Waals surface area contributed by atoms with E-state index < -0.39 is 17.9 Å². The third kappa shape index (κ3) is 6.66. The van der Waals surface area contributed by atoms with Crippen LogP contribution in [0.1, 0.15) is 0 Å². The van der Waals surface area contributed by atoms with Gasteiger partial charge < -0.3 is 30.0 Å². The summed E-state index contributed by atoms with van der Waals surface area (Å²) in [7, 11) is 0. The van der Waals surface area contributed by atoms with Crippen LogP contribution in [0.4, 0.5) is 0 Å². The average Bonchev–Trinajstić information content (AvgIpc) is 2.42. The summed E-state index contributed by atoms with van der Waals surface area (Å²) in [6, 6.07) is 0. The fourth-order valence-electron chi connectivity index (χ4n) is 1.45. The Morgan fingerprint density at radius 1 is 0.571 bits per heavy atom. The number of carboxylic acid groups (broad SMARTS) is 3. The quantitative estimate of drug-likeness (QED) is 0.599. The first-order valence-electron chi connectivity index (χ1n) is 5.84. The van der Waals surface area contributed by atoms with Crippen LogP contribution < -0.4 is 0 Å². The predicted molar refractivity (Wildman–Crippen MR) is 70.4 cm³/mol. The fourth-order valence-corrected chi connectivity index (χ4v) is 1.45. The zero-order valence-corrected chi connectivity index (χ0v) is 11.0. The van der Waals surface area contributed by atoms with Gasteiger partial charge in [0.1, 0.15) is 19.6 Å². The third-order valence-electron chi connectivity index (χ3n) is 2.30. The van der Waals surface area contributed by atoms with Gasteiger partial charge in [-0.05, 0) is 0 Å². The maximum Gasteiger partial charge on any atom is 0.323 e. The average molecular weight is 297 g/mol. The lowest BCUT2D eigenvalue weighted by atomic mass is 10.5. The number of hydrogen-bond donors (Lipinski definition) is 3. The van der Waals surface area contributed by atoms with E-state index in [4.69, 9.17) is 15.3 Å². The van der Waals surface area contributed by atoms with E-state index in [-0.39, 0.29) is 19.6 Å². The van der Waals surface area contributed by atoms with Crippen LogP contribution in [0, 0.1) is 0 Å². The number of carbonyl (C=O) groups is 3. The van der Waals surface area contributed by atoms with Crippen molar-refractivity contribution in [2.24, 2.45) is 0 Å². The Labute approximate surface area is 120 Å². The molecule has 0 saturated carbocycles. The Balaban J connectivity index is 2.95. The van der Waals surface area contributed by atoms with Crippen molar-refractivity contribution in [3.05, 3.63) is 37.2 Å². The Morgan fingerprint density at radius 2 is 0.762 bits per heavy atom. The molecule has 1 aliphatic heterocycles. The van der Waals surface area contributed by atoms with Crippen molar-refractivity contribution < 1.29 is 29.7 Å². The second-order valence-electron chi connectivity index (χ2n) is 4.09. The normalized spacial score (nSPS) is 14.6. The molecule has 1 aliphatic rings. The molecule has 0 saturated heterocycles. The van der Waals surface area contributed by atoms with Crippen molar-refractivity contribution in [1.82, 2.24) is 14.7 Å². The van der Waals surface area contributed by atoms with Crippen LogP contribution in [-0.4, -0.2) is 67.6 Å². The molecular weight excluding hydrogens is 282 g/mol. The molecule has 3 N–H and O–H groups in total. The van der Waals surface area contributed by atoms with E-state index in [1.165, 1.54) is 51.9 Å². The van der Waals surface area contributed by atoms with Gasteiger partial charge in [-0.25, -0.2) is 0 Å². The molecule has 1 heterocycles. The lowest BCUT2D eigenvalue weighted by Crippen LogP contribution is -2.22. The molecule has 0 atom stereocenters. The van der Waals surface area contributed by atoms with E-state index in [1.807, 2.05) is 0 Å². The summed E-state index contributed by atoms with van der Waals surface area (Å²) in [5, 5.41) is 26.3. The lowest BCUT2D eigenvalue weighted by Gasteiger charge is -2.15. The highest BCUT2D eigenvalue weighted by atomic mass is 16.4. The van der Waals surface area contributed by atoms with Gasteiger partial charge in [-0.3, -0.25) is 14.4 Å². The molecule has 1 rings (SSSR count). The Hall–Kier alpha value is -2.97. The summed E-state index contributed by atoms with van der Waals surface area (Å²) in [6.45, 7) is -1.02. The predicted octanol–water partition coefficient (Wildman–Crippen LogP) is -0.427. The molecule has 21 heavy (non-hydrogen) atoms. The van der Waals surface area contributed by atoms with Crippen molar-refractivity contribution >= 4 is 17.9 Å². The molecule has 0 aromatic carbocycles. The van der Waals surface area contributed by atoms with E-state index in [0.717, 1.165) is 0 Å². The second-order valence-corrected chi connectivity index (χ2v) is 4.09. The van der Waals surface area contributed by atoms with Crippen LogP contribution >= 0.6 is 0 Å². The summed E-state index contributed by atoms with van der Waals surface area (Å²) in [5.74, 6) is -3.23. The number of rotatable bonds is 6. The lowest BCUT2D eigenvalue weighted by molar-refractivity contribution is -0.138. The first kappa shape index (κ1) is 16.1. The smallest absolute Gasteiger partial charge is 0.323 e. The van der Waals surface area contributed by atoms with Crippen LogP contribution in [0.3, 0.4) is 0 Å². The molecule has 0 aromatic heterocycles. The van der Waals surface area contributed by atoms with Crippen molar-refractivity contribution in [3.8, 4) is 0 Å².